The largest absolute Gasteiger partial charge is 0.497 e. The molecule has 1 saturated heterocycles. The molecule has 0 unspecified atom stereocenters. The lowest BCUT2D eigenvalue weighted by Gasteiger charge is -2.38. The van der Waals surface area contributed by atoms with Crippen LogP contribution in [0.1, 0.15) is 23.0 Å². The zero-order chi connectivity index (χ0) is 22.3. The van der Waals surface area contributed by atoms with E-state index in [1.54, 1.807) is 14.2 Å². The van der Waals surface area contributed by atoms with Crippen LogP contribution in [0, 0.1) is 0 Å². The van der Waals surface area contributed by atoms with Crippen molar-refractivity contribution in [3.63, 3.8) is 0 Å². The Kier molecular flexibility index (Phi) is 7.14. The SMILES string of the molecule is C=CCN1CCN([C@@H](c2ccc(OC)cc2)c2nnnn2Cc2ccc(OC)cc2)CC1. The number of methoxy groups -OCH3 is 2. The Morgan fingerprint density at radius 1 is 0.938 bits per heavy atom. The molecule has 0 aliphatic carbocycles. The normalized spacial score (nSPS) is 15.9. The van der Waals surface area contributed by atoms with Crippen LogP contribution in [0.4, 0.5) is 0 Å². The average molecular weight is 435 g/mol. The molecular formula is C24H30N6O2. The molecule has 1 aliphatic heterocycles. The van der Waals surface area contributed by atoms with Gasteiger partial charge in [-0.15, -0.1) is 11.7 Å². The molecule has 4 rings (SSSR count). The molecule has 2 aromatic carbocycles. The van der Waals surface area contributed by atoms with Gasteiger partial charge in [0.1, 0.15) is 11.5 Å². The van der Waals surface area contributed by atoms with E-state index in [1.807, 2.05) is 47.2 Å². The van der Waals surface area contributed by atoms with Gasteiger partial charge in [0.25, 0.3) is 0 Å². The van der Waals surface area contributed by atoms with Gasteiger partial charge in [0, 0.05) is 32.7 Å². The third-order valence-corrected chi connectivity index (χ3v) is 5.89. The Labute approximate surface area is 189 Å². The number of nitrogens with zero attached hydrogens (tertiary/aromatic N) is 6. The van der Waals surface area contributed by atoms with Crippen molar-refractivity contribution in [3.05, 3.63) is 78.1 Å². The van der Waals surface area contributed by atoms with E-state index in [1.165, 1.54) is 0 Å². The fraction of sp³-hybridized carbons (Fsp3) is 0.375. The number of benzene rings is 2. The lowest BCUT2D eigenvalue weighted by Crippen LogP contribution is -2.48. The van der Waals surface area contributed by atoms with Crippen molar-refractivity contribution < 1.29 is 9.47 Å². The highest BCUT2D eigenvalue weighted by Crippen LogP contribution is 2.29. The van der Waals surface area contributed by atoms with Gasteiger partial charge in [0.2, 0.25) is 0 Å². The number of ether oxygens (including phenoxy) is 2. The highest BCUT2D eigenvalue weighted by molar-refractivity contribution is 5.32. The van der Waals surface area contributed by atoms with Crippen LogP contribution in [0.15, 0.2) is 61.2 Å². The van der Waals surface area contributed by atoms with E-state index in [-0.39, 0.29) is 6.04 Å². The minimum Gasteiger partial charge on any atom is -0.497 e. The number of tetrazole rings is 1. The molecule has 0 bridgehead atoms. The average Bonchev–Trinajstić information content (AvgIpc) is 3.29. The summed E-state index contributed by atoms with van der Waals surface area (Å²) in [4.78, 5) is 4.87. The van der Waals surface area contributed by atoms with Gasteiger partial charge in [0.15, 0.2) is 5.82 Å². The summed E-state index contributed by atoms with van der Waals surface area (Å²) in [5.41, 5.74) is 2.26. The maximum atomic E-state index is 5.36. The van der Waals surface area contributed by atoms with Gasteiger partial charge in [0.05, 0.1) is 26.8 Å². The summed E-state index contributed by atoms with van der Waals surface area (Å²) < 4.78 is 12.5. The topological polar surface area (TPSA) is 68.5 Å². The van der Waals surface area contributed by atoms with E-state index in [0.717, 1.165) is 61.2 Å². The summed E-state index contributed by atoms with van der Waals surface area (Å²) in [6.45, 7) is 9.21. The first-order valence-corrected chi connectivity index (χ1v) is 10.8. The van der Waals surface area contributed by atoms with E-state index < -0.39 is 0 Å². The van der Waals surface area contributed by atoms with Crippen molar-refractivity contribution in [3.8, 4) is 11.5 Å². The predicted octanol–water partition coefficient (Wildman–Crippen LogP) is 2.63. The Balaban J connectivity index is 1.62. The van der Waals surface area contributed by atoms with Crippen molar-refractivity contribution in [2.45, 2.75) is 12.6 Å². The van der Waals surface area contributed by atoms with Crippen molar-refractivity contribution in [1.29, 1.82) is 0 Å². The Morgan fingerprint density at radius 3 is 2.16 bits per heavy atom. The number of rotatable bonds is 9. The van der Waals surface area contributed by atoms with Crippen LogP contribution in [0.2, 0.25) is 0 Å². The quantitative estimate of drug-likeness (QED) is 0.480. The van der Waals surface area contributed by atoms with E-state index in [0.29, 0.717) is 6.54 Å². The van der Waals surface area contributed by atoms with Gasteiger partial charge in [-0.05, 0) is 45.8 Å². The molecule has 8 heteroatoms. The first-order chi connectivity index (χ1) is 15.7. The second-order valence-electron chi connectivity index (χ2n) is 7.84. The van der Waals surface area contributed by atoms with Gasteiger partial charge in [-0.1, -0.05) is 30.3 Å². The summed E-state index contributed by atoms with van der Waals surface area (Å²) in [5, 5.41) is 12.8. The molecule has 32 heavy (non-hydrogen) atoms. The number of aromatic nitrogens is 4. The van der Waals surface area contributed by atoms with E-state index in [2.05, 4.69) is 44.0 Å². The molecule has 1 atom stereocenters. The first-order valence-electron chi connectivity index (χ1n) is 10.8. The van der Waals surface area contributed by atoms with Crippen LogP contribution >= 0.6 is 0 Å². The van der Waals surface area contributed by atoms with Crippen LogP contribution < -0.4 is 9.47 Å². The fourth-order valence-electron chi connectivity index (χ4n) is 4.12. The zero-order valence-electron chi connectivity index (χ0n) is 18.7. The number of hydrogen-bond acceptors (Lipinski definition) is 7. The van der Waals surface area contributed by atoms with Gasteiger partial charge in [-0.3, -0.25) is 9.80 Å². The molecule has 3 aromatic rings. The molecular weight excluding hydrogens is 404 g/mol. The second kappa shape index (κ2) is 10.4. The molecule has 2 heterocycles. The standard InChI is InChI=1S/C24H30N6O2/c1-4-13-28-14-16-29(17-15-28)23(20-7-11-22(32-3)12-8-20)24-25-26-27-30(24)18-19-5-9-21(31-2)10-6-19/h4-12,23H,1,13-18H2,2-3H3/t23-/m0/s1. The smallest absolute Gasteiger partial charge is 0.173 e. The van der Waals surface area contributed by atoms with Crippen molar-refractivity contribution in [1.82, 2.24) is 30.0 Å². The molecule has 1 aromatic heterocycles. The third-order valence-electron chi connectivity index (χ3n) is 5.89. The monoisotopic (exact) mass is 434 g/mol. The Morgan fingerprint density at radius 2 is 1.56 bits per heavy atom. The van der Waals surface area contributed by atoms with Crippen molar-refractivity contribution >= 4 is 0 Å². The molecule has 1 aliphatic rings. The summed E-state index contributed by atoms with van der Waals surface area (Å²) >= 11 is 0. The van der Waals surface area contributed by atoms with Crippen molar-refractivity contribution in [2.24, 2.45) is 0 Å². The van der Waals surface area contributed by atoms with Gasteiger partial charge < -0.3 is 9.47 Å². The molecule has 168 valence electrons. The lowest BCUT2D eigenvalue weighted by atomic mass is 10.0. The van der Waals surface area contributed by atoms with E-state index in [4.69, 9.17) is 9.47 Å². The second-order valence-corrected chi connectivity index (χ2v) is 7.84. The molecule has 8 nitrogen and oxygen atoms in total. The Bertz CT molecular complexity index is 994. The molecule has 0 saturated carbocycles. The van der Waals surface area contributed by atoms with Crippen LogP contribution in [0.3, 0.4) is 0 Å². The van der Waals surface area contributed by atoms with Crippen LogP contribution in [-0.4, -0.2) is 77.0 Å². The van der Waals surface area contributed by atoms with Crippen molar-refractivity contribution in [2.75, 3.05) is 46.9 Å². The van der Waals surface area contributed by atoms with E-state index in [9.17, 15) is 0 Å². The predicted molar refractivity (Wildman–Crippen MR) is 123 cm³/mol. The minimum atomic E-state index is -0.0416. The molecule has 0 radical (unpaired) electrons. The molecule has 0 spiro atoms. The molecule has 0 N–H and O–H groups in total. The van der Waals surface area contributed by atoms with E-state index >= 15 is 0 Å². The maximum absolute atomic E-state index is 5.36. The first kappa shape index (κ1) is 22.0. The van der Waals surface area contributed by atoms with Gasteiger partial charge >= 0.3 is 0 Å². The lowest BCUT2D eigenvalue weighted by molar-refractivity contribution is 0.112. The minimum absolute atomic E-state index is 0.0416. The highest BCUT2D eigenvalue weighted by Gasteiger charge is 2.30. The van der Waals surface area contributed by atoms with Gasteiger partial charge in [-0.25, -0.2) is 4.68 Å². The Hall–Kier alpha value is -3.23. The summed E-state index contributed by atoms with van der Waals surface area (Å²) in [7, 11) is 3.35. The molecule has 1 fully saturated rings. The summed E-state index contributed by atoms with van der Waals surface area (Å²) in [6.07, 6.45) is 1.96. The fourth-order valence-corrected chi connectivity index (χ4v) is 4.12. The highest BCUT2D eigenvalue weighted by atomic mass is 16.5. The molecule has 0 amide bonds. The number of hydrogen-bond donors (Lipinski definition) is 0. The van der Waals surface area contributed by atoms with Crippen LogP contribution in [0.25, 0.3) is 0 Å². The number of piperazine rings is 1. The van der Waals surface area contributed by atoms with Gasteiger partial charge in [-0.2, -0.15) is 0 Å². The summed E-state index contributed by atoms with van der Waals surface area (Å²) in [5.74, 6) is 2.50. The summed E-state index contributed by atoms with van der Waals surface area (Å²) in [6, 6.07) is 16.2. The zero-order valence-corrected chi connectivity index (χ0v) is 18.7. The van der Waals surface area contributed by atoms with Crippen LogP contribution in [-0.2, 0) is 6.54 Å². The third kappa shape index (κ3) is 4.98. The maximum Gasteiger partial charge on any atom is 0.173 e. The van der Waals surface area contributed by atoms with Crippen LogP contribution in [0.5, 0.6) is 11.5 Å².